The third-order valence-electron chi connectivity index (χ3n) is 2.90. The van der Waals surface area contributed by atoms with E-state index in [2.05, 4.69) is 11.8 Å². The number of rotatable bonds is 5. The highest BCUT2D eigenvalue weighted by Crippen LogP contribution is 2.21. The maximum atomic E-state index is 12.9. The molecule has 1 aromatic heterocycles. The Morgan fingerprint density at radius 3 is 2.56 bits per heavy atom. The average molecular weight is 264 g/mol. The first kappa shape index (κ1) is 13.1. The van der Waals surface area contributed by atoms with Gasteiger partial charge in [0.15, 0.2) is 0 Å². The molecule has 0 saturated heterocycles. The Morgan fingerprint density at radius 2 is 2.00 bits per heavy atom. The van der Waals surface area contributed by atoms with E-state index in [1.807, 2.05) is 17.5 Å². The molecule has 2 rings (SSSR count). The fourth-order valence-electron chi connectivity index (χ4n) is 1.90. The van der Waals surface area contributed by atoms with Gasteiger partial charge in [-0.1, -0.05) is 6.07 Å². The molecule has 96 valence electrons. The highest BCUT2D eigenvalue weighted by atomic mass is 32.1. The molecule has 1 aromatic carbocycles. The molecular formula is C14H17FN2S. The van der Waals surface area contributed by atoms with Gasteiger partial charge in [0.1, 0.15) is 5.82 Å². The van der Waals surface area contributed by atoms with Crippen molar-refractivity contribution in [3.63, 3.8) is 0 Å². The van der Waals surface area contributed by atoms with Crippen molar-refractivity contribution in [1.29, 1.82) is 0 Å². The summed E-state index contributed by atoms with van der Waals surface area (Å²) in [5.41, 5.74) is 7.18. The third-order valence-corrected chi connectivity index (χ3v) is 3.90. The molecular weight excluding hydrogens is 247 g/mol. The van der Waals surface area contributed by atoms with Crippen LogP contribution in [0.3, 0.4) is 0 Å². The number of anilines is 1. The predicted octanol–water partition coefficient (Wildman–Crippen LogP) is 3.41. The van der Waals surface area contributed by atoms with Crippen molar-refractivity contribution in [2.75, 3.05) is 18.0 Å². The summed E-state index contributed by atoms with van der Waals surface area (Å²) in [5.74, 6) is -0.211. The molecule has 4 heteroatoms. The second-order valence-electron chi connectivity index (χ2n) is 4.14. The Hall–Kier alpha value is -1.39. The maximum Gasteiger partial charge on any atom is 0.123 e. The monoisotopic (exact) mass is 264 g/mol. The van der Waals surface area contributed by atoms with Crippen LogP contribution in [0.25, 0.3) is 0 Å². The first-order chi connectivity index (χ1) is 8.70. The maximum absolute atomic E-state index is 12.9. The molecule has 0 saturated carbocycles. The Kier molecular flexibility index (Phi) is 4.33. The number of halogens is 1. The quantitative estimate of drug-likeness (QED) is 0.896. The van der Waals surface area contributed by atoms with Gasteiger partial charge in [-0.2, -0.15) is 0 Å². The smallest absolute Gasteiger partial charge is 0.123 e. The average Bonchev–Trinajstić information content (AvgIpc) is 2.91. The van der Waals surface area contributed by atoms with Gasteiger partial charge in [0, 0.05) is 23.7 Å². The second kappa shape index (κ2) is 5.98. The lowest BCUT2D eigenvalue weighted by atomic mass is 10.2. The van der Waals surface area contributed by atoms with Crippen molar-refractivity contribution in [3.05, 3.63) is 52.5 Å². The first-order valence-electron chi connectivity index (χ1n) is 6.00. The van der Waals surface area contributed by atoms with Crippen LogP contribution in [0.5, 0.6) is 0 Å². The number of nitrogens with two attached hydrogens (primary N) is 1. The summed E-state index contributed by atoms with van der Waals surface area (Å²) in [6, 6.07) is 10.6. The largest absolute Gasteiger partial charge is 0.370 e. The molecule has 0 aliphatic rings. The zero-order valence-corrected chi connectivity index (χ0v) is 11.2. The zero-order valence-electron chi connectivity index (χ0n) is 10.3. The SMILES string of the molecule is CCN(CC(N)c1cccs1)c1ccc(F)cc1. The van der Waals surface area contributed by atoms with Crippen LogP contribution in [0, 0.1) is 5.82 Å². The first-order valence-corrected chi connectivity index (χ1v) is 6.88. The minimum absolute atomic E-state index is 0.00463. The fraction of sp³-hybridized carbons (Fsp3) is 0.286. The van der Waals surface area contributed by atoms with E-state index in [0.717, 1.165) is 18.8 Å². The van der Waals surface area contributed by atoms with Crippen LogP contribution in [0.4, 0.5) is 10.1 Å². The van der Waals surface area contributed by atoms with E-state index >= 15 is 0 Å². The summed E-state index contributed by atoms with van der Waals surface area (Å²) in [6.45, 7) is 3.66. The van der Waals surface area contributed by atoms with Gasteiger partial charge in [0.2, 0.25) is 0 Å². The molecule has 1 unspecified atom stereocenters. The van der Waals surface area contributed by atoms with E-state index in [1.54, 1.807) is 23.5 Å². The summed E-state index contributed by atoms with van der Waals surface area (Å²) in [6.07, 6.45) is 0. The van der Waals surface area contributed by atoms with E-state index in [9.17, 15) is 4.39 Å². The van der Waals surface area contributed by atoms with Crippen molar-refractivity contribution in [3.8, 4) is 0 Å². The van der Waals surface area contributed by atoms with Crippen molar-refractivity contribution in [2.45, 2.75) is 13.0 Å². The number of thiophene rings is 1. The van der Waals surface area contributed by atoms with E-state index < -0.39 is 0 Å². The molecule has 0 fully saturated rings. The number of nitrogens with zero attached hydrogens (tertiary/aromatic N) is 1. The number of likely N-dealkylation sites (N-methyl/N-ethyl adjacent to an activating group) is 1. The standard InChI is InChI=1S/C14H17FN2S/c1-2-17(12-7-5-11(15)6-8-12)10-13(16)14-4-3-9-18-14/h3-9,13H,2,10,16H2,1H3. The summed E-state index contributed by atoms with van der Waals surface area (Å²) < 4.78 is 12.9. The van der Waals surface area contributed by atoms with Crippen LogP contribution in [0.15, 0.2) is 41.8 Å². The van der Waals surface area contributed by atoms with Crippen LogP contribution in [-0.4, -0.2) is 13.1 Å². The predicted molar refractivity (Wildman–Crippen MR) is 75.5 cm³/mol. The molecule has 18 heavy (non-hydrogen) atoms. The Balaban J connectivity index is 2.07. The lowest BCUT2D eigenvalue weighted by molar-refractivity contribution is 0.626. The molecule has 0 aliphatic carbocycles. The summed E-state index contributed by atoms with van der Waals surface area (Å²) in [5, 5.41) is 2.03. The minimum Gasteiger partial charge on any atom is -0.370 e. The Labute approximate surface area is 111 Å². The number of benzene rings is 1. The zero-order chi connectivity index (χ0) is 13.0. The molecule has 1 heterocycles. The lowest BCUT2D eigenvalue weighted by Crippen LogP contribution is -2.31. The van der Waals surface area contributed by atoms with Crippen molar-refractivity contribution >= 4 is 17.0 Å². The van der Waals surface area contributed by atoms with Crippen molar-refractivity contribution in [1.82, 2.24) is 0 Å². The lowest BCUT2D eigenvalue weighted by Gasteiger charge is -2.26. The number of hydrogen-bond acceptors (Lipinski definition) is 3. The van der Waals surface area contributed by atoms with Gasteiger partial charge in [-0.3, -0.25) is 0 Å². The van der Waals surface area contributed by atoms with E-state index in [4.69, 9.17) is 5.73 Å². The van der Waals surface area contributed by atoms with Crippen LogP contribution in [0.2, 0.25) is 0 Å². The van der Waals surface area contributed by atoms with E-state index in [0.29, 0.717) is 0 Å². The summed E-state index contributed by atoms with van der Waals surface area (Å²) in [7, 11) is 0. The van der Waals surface area contributed by atoms with E-state index in [-0.39, 0.29) is 11.9 Å². The highest BCUT2D eigenvalue weighted by Gasteiger charge is 2.12. The summed E-state index contributed by atoms with van der Waals surface area (Å²) >= 11 is 1.67. The third kappa shape index (κ3) is 3.09. The highest BCUT2D eigenvalue weighted by molar-refractivity contribution is 7.10. The molecule has 0 radical (unpaired) electrons. The van der Waals surface area contributed by atoms with Gasteiger partial charge in [-0.25, -0.2) is 4.39 Å². The normalized spacial score (nSPS) is 12.4. The van der Waals surface area contributed by atoms with E-state index in [1.165, 1.54) is 17.0 Å². The summed E-state index contributed by atoms with van der Waals surface area (Å²) in [4.78, 5) is 3.33. The molecule has 1 atom stereocenters. The molecule has 0 bridgehead atoms. The van der Waals surface area contributed by atoms with Crippen LogP contribution >= 0.6 is 11.3 Å². The molecule has 0 aliphatic heterocycles. The van der Waals surface area contributed by atoms with Gasteiger partial charge < -0.3 is 10.6 Å². The van der Waals surface area contributed by atoms with Gasteiger partial charge in [0.25, 0.3) is 0 Å². The fourth-order valence-corrected chi connectivity index (χ4v) is 2.62. The molecule has 0 amide bonds. The van der Waals surface area contributed by atoms with Gasteiger partial charge in [-0.05, 0) is 42.6 Å². The molecule has 2 N–H and O–H groups in total. The number of hydrogen-bond donors (Lipinski definition) is 1. The molecule has 0 spiro atoms. The van der Waals surface area contributed by atoms with Crippen molar-refractivity contribution < 1.29 is 4.39 Å². The van der Waals surface area contributed by atoms with Gasteiger partial charge in [0.05, 0.1) is 6.04 Å². The Morgan fingerprint density at radius 1 is 1.28 bits per heavy atom. The minimum atomic E-state index is -0.211. The van der Waals surface area contributed by atoms with Crippen LogP contribution < -0.4 is 10.6 Å². The van der Waals surface area contributed by atoms with Crippen molar-refractivity contribution in [2.24, 2.45) is 5.73 Å². The second-order valence-corrected chi connectivity index (χ2v) is 5.12. The van der Waals surface area contributed by atoms with Crippen LogP contribution in [-0.2, 0) is 0 Å². The van der Waals surface area contributed by atoms with Crippen LogP contribution in [0.1, 0.15) is 17.8 Å². The van der Waals surface area contributed by atoms with Gasteiger partial charge in [-0.15, -0.1) is 11.3 Å². The topological polar surface area (TPSA) is 29.3 Å². The van der Waals surface area contributed by atoms with Gasteiger partial charge >= 0.3 is 0 Å². The Bertz CT molecular complexity index is 467. The molecule has 2 nitrogen and oxygen atoms in total. The molecule has 2 aromatic rings.